The van der Waals surface area contributed by atoms with Crippen LogP contribution in [0.15, 0.2) is 54.6 Å². The second kappa shape index (κ2) is 11.2. The van der Waals surface area contributed by atoms with Crippen molar-refractivity contribution < 1.29 is 22.3 Å². The van der Waals surface area contributed by atoms with E-state index in [2.05, 4.69) is 22.3 Å². The third-order valence-electron chi connectivity index (χ3n) is 5.16. The molecule has 0 radical (unpaired) electrons. The first-order valence-corrected chi connectivity index (χ1v) is 11.9. The molecular formula is C22H28FN3O4S. The van der Waals surface area contributed by atoms with Gasteiger partial charge in [0.2, 0.25) is 10.0 Å². The van der Waals surface area contributed by atoms with Gasteiger partial charge in [-0.3, -0.25) is 4.79 Å². The molecule has 1 aliphatic heterocycles. The Morgan fingerprint density at radius 3 is 2.39 bits per heavy atom. The minimum atomic E-state index is -3.45. The molecule has 31 heavy (non-hydrogen) atoms. The molecule has 1 heterocycles. The van der Waals surface area contributed by atoms with Gasteiger partial charge in [0, 0.05) is 39.3 Å². The molecule has 0 atom stereocenters. The van der Waals surface area contributed by atoms with Gasteiger partial charge in [0.25, 0.3) is 5.91 Å². The maximum Gasteiger partial charge on any atom is 0.257 e. The number of para-hydroxylation sites is 1. The molecule has 0 aliphatic carbocycles. The summed E-state index contributed by atoms with van der Waals surface area (Å²) in [5.41, 5.74) is 1.27. The van der Waals surface area contributed by atoms with Crippen molar-refractivity contribution >= 4 is 15.9 Å². The molecule has 1 fully saturated rings. The topological polar surface area (TPSA) is 78.9 Å². The first-order valence-electron chi connectivity index (χ1n) is 10.3. The number of sulfonamides is 1. The lowest BCUT2D eigenvalue weighted by Crippen LogP contribution is -2.50. The molecule has 7 nitrogen and oxygen atoms in total. The Morgan fingerprint density at radius 1 is 1.00 bits per heavy atom. The van der Waals surface area contributed by atoms with Gasteiger partial charge in [-0.1, -0.05) is 42.5 Å². The Labute approximate surface area is 182 Å². The number of rotatable bonds is 10. The molecule has 2 aromatic carbocycles. The van der Waals surface area contributed by atoms with E-state index in [4.69, 9.17) is 4.74 Å². The van der Waals surface area contributed by atoms with Crippen LogP contribution in [0.1, 0.15) is 5.56 Å². The van der Waals surface area contributed by atoms with Crippen molar-refractivity contribution in [2.75, 3.05) is 51.6 Å². The molecule has 0 spiro atoms. The number of ether oxygens (including phenoxy) is 1. The highest BCUT2D eigenvalue weighted by Gasteiger charge is 2.26. The highest BCUT2D eigenvalue weighted by atomic mass is 32.2. The van der Waals surface area contributed by atoms with Crippen molar-refractivity contribution in [1.82, 2.24) is 14.5 Å². The number of carbonyl (C=O) groups is 1. The zero-order valence-electron chi connectivity index (χ0n) is 17.4. The lowest BCUT2D eigenvalue weighted by molar-refractivity contribution is -0.123. The molecule has 1 N–H and O–H groups in total. The van der Waals surface area contributed by atoms with E-state index < -0.39 is 21.7 Å². The standard InChI is InChI=1S/C22H28FN3O4S/c23-20-8-4-5-9-21(20)30-18-22(27)24-11-17-31(28,29)26-15-13-25(14-16-26)12-10-19-6-2-1-3-7-19/h1-9H,10-18H2,(H,24,27). The number of nitrogens with one attached hydrogen (secondary N) is 1. The normalized spacial score (nSPS) is 15.5. The Bertz CT molecular complexity index is 948. The third kappa shape index (κ3) is 7.30. The van der Waals surface area contributed by atoms with Crippen molar-refractivity contribution in [1.29, 1.82) is 0 Å². The number of piperazine rings is 1. The van der Waals surface area contributed by atoms with Gasteiger partial charge in [0.15, 0.2) is 18.2 Å². The fourth-order valence-corrected chi connectivity index (χ4v) is 4.71. The molecule has 0 unspecified atom stereocenters. The Balaban J connectivity index is 1.34. The summed E-state index contributed by atoms with van der Waals surface area (Å²) in [5.74, 6) is -1.25. The molecule has 0 saturated carbocycles. The van der Waals surface area contributed by atoms with E-state index in [1.54, 1.807) is 6.07 Å². The second-order valence-corrected chi connectivity index (χ2v) is 9.45. The molecule has 0 aromatic heterocycles. The summed E-state index contributed by atoms with van der Waals surface area (Å²) in [4.78, 5) is 14.1. The summed E-state index contributed by atoms with van der Waals surface area (Å²) in [5, 5.41) is 2.51. The molecule has 1 amide bonds. The van der Waals surface area contributed by atoms with E-state index in [1.165, 1.54) is 28.1 Å². The van der Waals surface area contributed by atoms with Gasteiger partial charge in [0.1, 0.15) is 0 Å². The van der Waals surface area contributed by atoms with Crippen molar-refractivity contribution in [3.8, 4) is 5.75 Å². The second-order valence-electron chi connectivity index (χ2n) is 7.36. The van der Waals surface area contributed by atoms with Gasteiger partial charge in [0.05, 0.1) is 5.75 Å². The zero-order valence-corrected chi connectivity index (χ0v) is 18.2. The SMILES string of the molecule is O=C(COc1ccccc1F)NCCS(=O)(=O)N1CCN(CCc2ccccc2)CC1. The smallest absolute Gasteiger partial charge is 0.257 e. The maximum atomic E-state index is 13.5. The minimum Gasteiger partial charge on any atom is -0.481 e. The predicted molar refractivity (Wildman–Crippen MR) is 117 cm³/mol. The fourth-order valence-electron chi connectivity index (χ4n) is 3.37. The molecular weight excluding hydrogens is 421 g/mol. The average Bonchev–Trinajstić information content (AvgIpc) is 2.78. The van der Waals surface area contributed by atoms with Crippen LogP contribution >= 0.6 is 0 Å². The number of halogens is 1. The minimum absolute atomic E-state index is 0.0178. The van der Waals surface area contributed by atoms with Gasteiger partial charge < -0.3 is 15.0 Å². The monoisotopic (exact) mass is 449 g/mol. The largest absolute Gasteiger partial charge is 0.481 e. The van der Waals surface area contributed by atoms with E-state index in [0.717, 1.165) is 13.0 Å². The van der Waals surface area contributed by atoms with E-state index in [0.29, 0.717) is 26.2 Å². The predicted octanol–water partition coefficient (Wildman–Crippen LogP) is 1.51. The fraction of sp³-hybridized carbons (Fsp3) is 0.409. The highest BCUT2D eigenvalue weighted by Crippen LogP contribution is 2.15. The number of nitrogens with zero attached hydrogens (tertiary/aromatic N) is 2. The van der Waals surface area contributed by atoms with Crippen LogP contribution in [0.4, 0.5) is 4.39 Å². The van der Waals surface area contributed by atoms with E-state index in [1.807, 2.05) is 18.2 Å². The van der Waals surface area contributed by atoms with Gasteiger partial charge in [-0.2, -0.15) is 4.31 Å². The Morgan fingerprint density at radius 2 is 1.68 bits per heavy atom. The van der Waals surface area contributed by atoms with Crippen molar-refractivity contribution in [3.63, 3.8) is 0 Å². The Kier molecular flexibility index (Phi) is 8.39. The lowest BCUT2D eigenvalue weighted by atomic mass is 10.1. The number of hydrogen-bond acceptors (Lipinski definition) is 5. The van der Waals surface area contributed by atoms with E-state index in [9.17, 15) is 17.6 Å². The molecule has 168 valence electrons. The molecule has 9 heteroatoms. The van der Waals surface area contributed by atoms with Gasteiger partial charge in [-0.15, -0.1) is 0 Å². The number of carbonyl (C=O) groups excluding carboxylic acids is 1. The number of hydrogen-bond donors (Lipinski definition) is 1. The summed E-state index contributed by atoms with van der Waals surface area (Å²) >= 11 is 0. The van der Waals surface area contributed by atoms with Gasteiger partial charge >= 0.3 is 0 Å². The number of amides is 1. The molecule has 1 saturated heterocycles. The summed E-state index contributed by atoms with van der Waals surface area (Å²) in [6.07, 6.45) is 0.939. The number of benzene rings is 2. The zero-order chi connectivity index (χ0) is 22.1. The van der Waals surface area contributed by atoms with Crippen LogP contribution in [0, 0.1) is 5.82 Å². The van der Waals surface area contributed by atoms with Crippen LogP contribution < -0.4 is 10.1 Å². The van der Waals surface area contributed by atoms with Crippen LogP contribution in [0.3, 0.4) is 0 Å². The maximum absolute atomic E-state index is 13.5. The van der Waals surface area contributed by atoms with Crippen LogP contribution in [-0.2, 0) is 21.2 Å². The quantitative estimate of drug-likeness (QED) is 0.595. The molecule has 2 aromatic rings. The first kappa shape index (κ1) is 23.2. The van der Waals surface area contributed by atoms with Crippen molar-refractivity contribution in [2.45, 2.75) is 6.42 Å². The molecule has 3 rings (SSSR count). The summed E-state index contributed by atoms with van der Waals surface area (Å²) < 4.78 is 45.2. The van der Waals surface area contributed by atoms with Crippen molar-refractivity contribution in [2.24, 2.45) is 0 Å². The van der Waals surface area contributed by atoms with Crippen molar-refractivity contribution in [3.05, 3.63) is 66.0 Å². The van der Waals surface area contributed by atoms with Gasteiger partial charge in [-0.25, -0.2) is 12.8 Å². The van der Waals surface area contributed by atoms with Gasteiger partial charge in [-0.05, 0) is 24.1 Å². The third-order valence-corrected chi connectivity index (χ3v) is 7.03. The van der Waals surface area contributed by atoms with E-state index >= 15 is 0 Å². The molecule has 1 aliphatic rings. The highest BCUT2D eigenvalue weighted by molar-refractivity contribution is 7.89. The Hall–Kier alpha value is -2.49. The van der Waals surface area contributed by atoms with Crippen LogP contribution in [-0.4, -0.2) is 75.2 Å². The van der Waals surface area contributed by atoms with Crippen LogP contribution in [0.5, 0.6) is 5.75 Å². The summed E-state index contributed by atoms with van der Waals surface area (Å²) in [7, 11) is -3.45. The lowest BCUT2D eigenvalue weighted by Gasteiger charge is -2.34. The van der Waals surface area contributed by atoms with E-state index in [-0.39, 0.29) is 24.7 Å². The van der Waals surface area contributed by atoms with Crippen LogP contribution in [0.25, 0.3) is 0 Å². The summed E-state index contributed by atoms with van der Waals surface area (Å²) in [6, 6.07) is 16.0. The summed E-state index contributed by atoms with van der Waals surface area (Å²) in [6.45, 7) is 2.78. The average molecular weight is 450 g/mol. The molecule has 0 bridgehead atoms. The first-order chi connectivity index (χ1) is 14.9. The van der Waals surface area contributed by atoms with Crippen LogP contribution in [0.2, 0.25) is 0 Å².